The summed E-state index contributed by atoms with van der Waals surface area (Å²) in [6, 6.07) is 8.57. The van der Waals surface area contributed by atoms with Crippen molar-refractivity contribution in [2.24, 2.45) is 10.9 Å². The molecule has 1 heterocycles. The molecule has 24 heavy (non-hydrogen) atoms. The Balaban J connectivity index is 1.79. The van der Waals surface area contributed by atoms with E-state index in [2.05, 4.69) is 65.3 Å². The molecule has 1 aliphatic rings. The highest BCUT2D eigenvalue weighted by Crippen LogP contribution is 2.16. The number of likely N-dealkylation sites (tertiary alicyclic amines) is 1. The van der Waals surface area contributed by atoms with Crippen LogP contribution < -0.4 is 5.32 Å². The monoisotopic (exact) mass is 330 g/mol. The second kappa shape index (κ2) is 9.67. The van der Waals surface area contributed by atoms with E-state index in [9.17, 15) is 0 Å². The van der Waals surface area contributed by atoms with E-state index in [0.29, 0.717) is 0 Å². The molecule has 0 atom stereocenters. The molecule has 1 fully saturated rings. The number of benzene rings is 1. The maximum absolute atomic E-state index is 4.46. The first-order chi connectivity index (χ1) is 11.6. The molecule has 1 aromatic rings. The van der Waals surface area contributed by atoms with E-state index in [4.69, 9.17) is 0 Å². The molecule has 2 rings (SSSR count). The molecule has 1 N–H and O–H groups in total. The summed E-state index contributed by atoms with van der Waals surface area (Å²) in [5.74, 6) is 1.76. The third-order valence-electron chi connectivity index (χ3n) is 5.04. The second-order valence-corrected chi connectivity index (χ2v) is 7.00. The molecule has 1 saturated heterocycles. The van der Waals surface area contributed by atoms with E-state index in [-0.39, 0.29) is 0 Å². The van der Waals surface area contributed by atoms with Gasteiger partial charge in [-0.05, 0) is 62.9 Å². The highest BCUT2D eigenvalue weighted by atomic mass is 15.3. The van der Waals surface area contributed by atoms with Crippen LogP contribution in [0.2, 0.25) is 0 Å². The van der Waals surface area contributed by atoms with Crippen LogP contribution in [0.25, 0.3) is 0 Å². The molecule has 4 nitrogen and oxygen atoms in total. The van der Waals surface area contributed by atoms with Gasteiger partial charge in [0, 0.05) is 27.2 Å². The first-order valence-electron chi connectivity index (χ1n) is 9.32. The molecule has 134 valence electrons. The predicted octanol–water partition coefficient (Wildman–Crippen LogP) is 3.12. The highest BCUT2D eigenvalue weighted by Gasteiger charge is 2.19. The van der Waals surface area contributed by atoms with Crippen molar-refractivity contribution in [1.82, 2.24) is 15.1 Å². The summed E-state index contributed by atoms with van der Waals surface area (Å²) in [5.41, 5.74) is 2.69. The zero-order valence-electron chi connectivity index (χ0n) is 15.9. The normalized spacial score (nSPS) is 17.1. The number of nitrogens with zero attached hydrogens (tertiary/aromatic N) is 3. The lowest BCUT2D eigenvalue weighted by Gasteiger charge is -2.32. The van der Waals surface area contributed by atoms with Crippen molar-refractivity contribution in [2.75, 3.05) is 40.3 Å². The summed E-state index contributed by atoms with van der Waals surface area (Å²) >= 11 is 0. The van der Waals surface area contributed by atoms with Crippen molar-refractivity contribution in [3.8, 4) is 0 Å². The minimum absolute atomic E-state index is 0.765. The maximum atomic E-state index is 4.46. The molecule has 0 saturated carbocycles. The zero-order chi connectivity index (χ0) is 17.4. The number of rotatable bonds is 6. The van der Waals surface area contributed by atoms with Crippen LogP contribution in [0.15, 0.2) is 29.3 Å². The zero-order valence-corrected chi connectivity index (χ0v) is 15.9. The van der Waals surface area contributed by atoms with Crippen LogP contribution in [0.5, 0.6) is 0 Å². The Bertz CT molecular complexity index is 518. The Hall–Kier alpha value is -1.55. The number of piperidine rings is 1. The van der Waals surface area contributed by atoms with Crippen molar-refractivity contribution in [1.29, 1.82) is 0 Å². The summed E-state index contributed by atoms with van der Waals surface area (Å²) in [5, 5.41) is 3.58. The topological polar surface area (TPSA) is 30.9 Å². The van der Waals surface area contributed by atoms with Crippen LogP contribution >= 0.6 is 0 Å². The lowest BCUT2D eigenvalue weighted by Crippen LogP contribution is -2.43. The average molecular weight is 331 g/mol. The van der Waals surface area contributed by atoms with Crippen molar-refractivity contribution in [3.05, 3.63) is 35.4 Å². The Morgan fingerprint density at radius 1 is 1.29 bits per heavy atom. The largest absolute Gasteiger partial charge is 0.356 e. The Kier molecular flexibility index (Phi) is 7.57. The van der Waals surface area contributed by atoms with Crippen molar-refractivity contribution < 1.29 is 0 Å². The van der Waals surface area contributed by atoms with Crippen molar-refractivity contribution in [2.45, 2.75) is 39.7 Å². The van der Waals surface area contributed by atoms with Crippen LogP contribution in [-0.4, -0.2) is 56.0 Å². The minimum atomic E-state index is 0.765. The van der Waals surface area contributed by atoms with Crippen LogP contribution in [0.3, 0.4) is 0 Å². The van der Waals surface area contributed by atoms with Gasteiger partial charge >= 0.3 is 0 Å². The smallest absolute Gasteiger partial charge is 0.193 e. The SMILES string of the molecule is CCCN1CCC(CNC(=NC)N(C)Cc2ccccc2C)CC1. The summed E-state index contributed by atoms with van der Waals surface area (Å²) in [6.07, 6.45) is 3.86. The van der Waals surface area contributed by atoms with Crippen molar-refractivity contribution in [3.63, 3.8) is 0 Å². The van der Waals surface area contributed by atoms with E-state index in [0.717, 1.165) is 25.0 Å². The molecular weight excluding hydrogens is 296 g/mol. The fourth-order valence-electron chi connectivity index (χ4n) is 3.47. The van der Waals surface area contributed by atoms with E-state index >= 15 is 0 Å². The molecule has 0 aliphatic carbocycles. The number of aryl methyl sites for hydroxylation is 1. The summed E-state index contributed by atoms with van der Waals surface area (Å²) in [6.45, 7) is 10.1. The fraction of sp³-hybridized carbons (Fsp3) is 0.650. The highest BCUT2D eigenvalue weighted by molar-refractivity contribution is 5.79. The Morgan fingerprint density at radius 2 is 2.00 bits per heavy atom. The quantitative estimate of drug-likeness (QED) is 0.642. The fourth-order valence-corrected chi connectivity index (χ4v) is 3.47. The minimum Gasteiger partial charge on any atom is -0.356 e. The number of nitrogens with one attached hydrogen (secondary N) is 1. The Labute approximate surface area is 147 Å². The standard InChI is InChI=1S/C20H34N4/c1-5-12-24-13-10-18(11-14-24)15-22-20(21-3)23(4)16-19-9-7-6-8-17(19)2/h6-9,18H,5,10-16H2,1-4H3,(H,21,22). The van der Waals surface area contributed by atoms with E-state index in [1.54, 1.807) is 0 Å². The molecule has 0 spiro atoms. The molecule has 0 bridgehead atoms. The van der Waals surface area contributed by atoms with Crippen LogP contribution in [-0.2, 0) is 6.54 Å². The van der Waals surface area contributed by atoms with Gasteiger partial charge in [-0.25, -0.2) is 0 Å². The molecule has 0 amide bonds. The molecule has 0 unspecified atom stereocenters. The summed E-state index contributed by atoms with van der Waals surface area (Å²) < 4.78 is 0. The molecule has 1 aromatic carbocycles. The van der Waals surface area contributed by atoms with Gasteiger partial charge in [0.2, 0.25) is 0 Å². The number of aliphatic imine (C=N–C) groups is 1. The van der Waals surface area contributed by atoms with Gasteiger partial charge in [0.1, 0.15) is 0 Å². The van der Waals surface area contributed by atoms with Crippen LogP contribution in [0.1, 0.15) is 37.3 Å². The van der Waals surface area contributed by atoms with Gasteiger partial charge in [0.25, 0.3) is 0 Å². The molecule has 0 aromatic heterocycles. The molecule has 0 radical (unpaired) electrons. The first kappa shape index (κ1) is 18.8. The third-order valence-corrected chi connectivity index (χ3v) is 5.04. The summed E-state index contributed by atoms with van der Waals surface area (Å²) in [4.78, 5) is 9.27. The van der Waals surface area contributed by atoms with Gasteiger partial charge in [-0.3, -0.25) is 4.99 Å². The van der Waals surface area contributed by atoms with Gasteiger partial charge in [0.15, 0.2) is 5.96 Å². The van der Waals surface area contributed by atoms with Gasteiger partial charge < -0.3 is 15.1 Å². The lowest BCUT2D eigenvalue weighted by atomic mass is 9.97. The van der Waals surface area contributed by atoms with Gasteiger partial charge in [-0.2, -0.15) is 0 Å². The van der Waals surface area contributed by atoms with Gasteiger partial charge in [-0.1, -0.05) is 31.2 Å². The maximum Gasteiger partial charge on any atom is 0.193 e. The van der Waals surface area contributed by atoms with Crippen LogP contribution in [0.4, 0.5) is 0 Å². The second-order valence-electron chi connectivity index (χ2n) is 7.00. The average Bonchev–Trinajstić information content (AvgIpc) is 2.59. The summed E-state index contributed by atoms with van der Waals surface area (Å²) in [7, 11) is 3.99. The van der Waals surface area contributed by atoms with E-state index < -0.39 is 0 Å². The predicted molar refractivity (Wildman–Crippen MR) is 103 cm³/mol. The molecule has 4 heteroatoms. The Morgan fingerprint density at radius 3 is 2.62 bits per heavy atom. The first-order valence-corrected chi connectivity index (χ1v) is 9.32. The number of hydrogen-bond donors (Lipinski definition) is 1. The number of guanidine groups is 1. The van der Waals surface area contributed by atoms with Crippen molar-refractivity contribution >= 4 is 5.96 Å². The van der Waals surface area contributed by atoms with E-state index in [1.807, 2.05) is 7.05 Å². The van der Waals surface area contributed by atoms with Gasteiger partial charge in [-0.15, -0.1) is 0 Å². The third kappa shape index (κ3) is 5.52. The molecule has 1 aliphatic heterocycles. The van der Waals surface area contributed by atoms with E-state index in [1.165, 1.54) is 50.0 Å². The number of hydrogen-bond acceptors (Lipinski definition) is 2. The molecular formula is C20H34N4. The lowest BCUT2D eigenvalue weighted by molar-refractivity contribution is 0.185. The van der Waals surface area contributed by atoms with Gasteiger partial charge in [0.05, 0.1) is 0 Å². The van der Waals surface area contributed by atoms with Crippen LogP contribution in [0, 0.1) is 12.8 Å².